The van der Waals surface area contributed by atoms with E-state index in [1.54, 1.807) is 19.9 Å². The molecule has 1 atom stereocenters. The lowest BCUT2D eigenvalue weighted by Gasteiger charge is -2.15. The van der Waals surface area contributed by atoms with Gasteiger partial charge < -0.3 is 5.32 Å². The highest BCUT2D eigenvalue weighted by Gasteiger charge is 2.44. The van der Waals surface area contributed by atoms with E-state index >= 15 is 0 Å². The molecule has 0 aliphatic carbocycles. The van der Waals surface area contributed by atoms with Gasteiger partial charge in [0.1, 0.15) is 10.9 Å². The van der Waals surface area contributed by atoms with Gasteiger partial charge in [-0.25, -0.2) is 4.79 Å². The average molecular weight is 216 g/mol. The predicted octanol–water partition coefficient (Wildman–Crippen LogP) is 0.448. The molecule has 0 aromatic heterocycles. The van der Waals surface area contributed by atoms with Gasteiger partial charge in [-0.1, -0.05) is 0 Å². The number of urea groups is 1. The Morgan fingerprint density at radius 1 is 1.64 bits per heavy atom. The van der Waals surface area contributed by atoms with E-state index in [-0.39, 0.29) is 12.5 Å². The number of nitrogens with zero attached hydrogens (tertiary/aromatic N) is 2. The number of hydrogen-bond donors (Lipinski definition) is 1. The minimum atomic E-state index is -0.900. The van der Waals surface area contributed by atoms with Crippen LogP contribution in [0.5, 0.6) is 0 Å². The Balaban J connectivity index is 2.77. The van der Waals surface area contributed by atoms with Crippen molar-refractivity contribution in [3.8, 4) is 6.07 Å². The molecule has 0 radical (unpaired) electrons. The molecule has 5 nitrogen and oxygen atoms in total. The Morgan fingerprint density at radius 2 is 2.21 bits per heavy atom. The molecule has 0 bridgehead atoms. The number of carbonyl (C=O) groups excluding carboxylic acids is 2. The topological polar surface area (TPSA) is 73.2 Å². The van der Waals surface area contributed by atoms with Crippen molar-refractivity contribution in [2.45, 2.75) is 24.8 Å². The molecular formula is C8H10ClN3O2. The first-order chi connectivity index (χ1) is 6.38. The van der Waals surface area contributed by atoms with Crippen molar-refractivity contribution in [1.82, 2.24) is 10.2 Å². The molecule has 1 rings (SSSR count). The number of nitrogens with one attached hydrogen (secondary N) is 1. The zero-order valence-corrected chi connectivity index (χ0v) is 8.63. The van der Waals surface area contributed by atoms with E-state index in [9.17, 15) is 9.59 Å². The van der Waals surface area contributed by atoms with Crippen molar-refractivity contribution in [2.75, 3.05) is 6.54 Å². The summed E-state index contributed by atoms with van der Waals surface area (Å²) in [6.07, 6.45) is 0. The molecule has 14 heavy (non-hydrogen) atoms. The third kappa shape index (κ3) is 1.80. The standard InChI is InChI=1S/C8H10ClN3O2/c1-8(2)6(13)12(7(14)11-8)4-5(9)3-10/h5H,4H2,1-2H3,(H,11,14). The Hall–Kier alpha value is -1.28. The SMILES string of the molecule is CC1(C)NC(=O)N(CC(Cl)C#N)C1=O. The molecule has 1 fully saturated rings. The van der Waals surface area contributed by atoms with Crippen LogP contribution in [0, 0.1) is 11.3 Å². The van der Waals surface area contributed by atoms with Crippen LogP contribution >= 0.6 is 11.6 Å². The molecular weight excluding hydrogens is 206 g/mol. The normalized spacial score (nSPS) is 21.7. The molecule has 6 heteroatoms. The van der Waals surface area contributed by atoms with Crippen molar-refractivity contribution in [2.24, 2.45) is 0 Å². The van der Waals surface area contributed by atoms with Crippen LogP contribution in [-0.2, 0) is 4.79 Å². The zero-order valence-electron chi connectivity index (χ0n) is 7.87. The molecule has 0 spiro atoms. The third-order valence-corrected chi connectivity index (χ3v) is 2.16. The van der Waals surface area contributed by atoms with Crippen LogP contribution < -0.4 is 5.32 Å². The van der Waals surface area contributed by atoms with E-state index in [4.69, 9.17) is 16.9 Å². The van der Waals surface area contributed by atoms with Crippen molar-refractivity contribution < 1.29 is 9.59 Å². The minimum Gasteiger partial charge on any atom is -0.324 e. The number of hydrogen-bond acceptors (Lipinski definition) is 3. The van der Waals surface area contributed by atoms with Gasteiger partial charge in [-0.2, -0.15) is 5.26 Å². The van der Waals surface area contributed by atoms with Gasteiger partial charge in [0, 0.05) is 0 Å². The molecule has 1 unspecified atom stereocenters. The smallest absolute Gasteiger partial charge is 0.324 e. The molecule has 1 heterocycles. The van der Waals surface area contributed by atoms with E-state index in [2.05, 4.69) is 5.32 Å². The molecule has 0 saturated carbocycles. The number of alkyl halides is 1. The molecule has 1 N–H and O–H groups in total. The number of nitriles is 1. The third-order valence-electron chi connectivity index (χ3n) is 1.93. The van der Waals surface area contributed by atoms with Gasteiger partial charge in [-0.3, -0.25) is 9.69 Å². The lowest BCUT2D eigenvalue weighted by molar-refractivity contribution is -0.130. The van der Waals surface area contributed by atoms with Crippen LogP contribution in [0.4, 0.5) is 4.79 Å². The number of amides is 3. The van der Waals surface area contributed by atoms with E-state index in [0.29, 0.717) is 0 Å². The molecule has 1 aliphatic rings. The Kier molecular flexibility index (Phi) is 2.67. The summed E-state index contributed by atoms with van der Waals surface area (Å²) in [6, 6.07) is 1.25. The highest BCUT2D eigenvalue weighted by molar-refractivity contribution is 6.23. The maximum absolute atomic E-state index is 11.6. The lowest BCUT2D eigenvalue weighted by atomic mass is 10.1. The number of carbonyl (C=O) groups is 2. The number of rotatable bonds is 2. The van der Waals surface area contributed by atoms with E-state index < -0.39 is 16.9 Å². The van der Waals surface area contributed by atoms with Crippen LogP contribution in [0.1, 0.15) is 13.8 Å². The summed E-state index contributed by atoms with van der Waals surface area (Å²) in [5, 5.41) is 10.1. The minimum absolute atomic E-state index is 0.0772. The van der Waals surface area contributed by atoms with Crippen LogP contribution in [0.15, 0.2) is 0 Å². The zero-order chi connectivity index (χ0) is 10.9. The Bertz CT molecular complexity index is 321. The molecule has 3 amide bonds. The van der Waals surface area contributed by atoms with Gasteiger partial charge >= 0.3 is 6.03 Å². The molecule has 1 aliphatic heterocycles. The second-order valence-electron chi connectivity index (χ2n) is 3.57. The quantitative estimate of drug-likeness (QED) is 0.537. The first kappa shape index (κ1) is 10.8. The van der Waals surface area contributed by atoms with Crippen LogP contribution in [-0.4, -0.2) is 34.3 Å². The van der Waals surface area contributed by atoms with Crippen LogP contribution in [0.2, 0.25) is 0 Å². The van der Waals surface area contributed by atoms with E-state index in [0.717, 1.165) is 4.90 Å². The maximum Gasteiger partial charge on any atom is 0.325 e. The first-order valence-electron chi connectivity index (χ1n) is 4.06. The summed E-state index contributed by atoms with van der Waals surface area (Å²) in [5.41, 5.74) is -0.900. The highest BCUT2D eigenvalue weighted by Crippen LogP contribution is 2.17. The Morgan fingerprint density at radius 3 is 2.57 bits per heavy atom. The highest BCUT2D eigenvalue weighted by atomic mass is 35.5. The van der Waals surface area contributed by atoms with E-state index in [1.807, 2.05) is 0 Å². The largest absolute Gasteiger partial charge is 0.325 e. The second-order valence-corrected chi connectivity index (χ2v) is 4.09. The summed E-state index contributed by atoms with van der Waals surface area (Å²) in [7, 11) is 0. The fraction of sp³-hybridized carbons (Fsp3) is 0.625. The average Bonchev–Trinajstić information content (AvgIpc) is 2.28. The fourth-order valence-electron chi connectivity index (χ4n) is 1.18. The number of halogens is 1. The van der Waals surface area contributed by atoms with Crippen molar-refractivity contribution in [3.05, 3.63) is 0 Å². The van der Waals surface area contributed by atoms with Crippen LogP contribution in [0.3, 0.4) is 0 Å². The Labute approximate surface area is 86.6 Å². The summed E-state index contributed by atoms with van der Waals surface area (Å²) < 4.78 is 0. The van der Waals surface area contributed by atoms with Gasteiger partial charge in [0.15, 0.2) is 0 Å². The maximum atomic E-state index is 11.6. The van der Waals surface area contributed by atoms with E-state index in [1.165, 1.54) is 0 Å². The van der Waals surface area contributed by atoms with Gasteiger partial charge in [-0.15, -0.1) is 11.6 Å². The monoisotopic (exact) mass is 215 g/mol. The summed E-state index contributed by atoms with van der Waals surface area (Å²) in [5.74, 6) is -0.358. The fourth-order valence-corrected chi connectivity index (χ4v) is 1.32. The first-order valence-corrected chi connectivity index (χ1v) is 4.50. The molecule has 76 valence electrons. The summed E-state index contributed by atoms with van der Waals surface area (Å²) >= 11 is 5.53. The molecule has 0 aromatic rings. The van der Waals surface area contributed by atoms with Gasteiger partial charge in [0.05, 0.1) is 12.6 Å². The second kappa shape index (κ2) is 3.46. The molecule has 0 aromatic carbocycles. The summed E-state index contributed by atoms with van der Waals surface area (Å²) in [6.45, 7) is 3.12. The van der Waals surface area contributed by atoms with Gasteiger partial charge in [0.2, 0.25) is 0 Å². The van der Waals surface area contributed by atoms with Crippen molar-refractivity contribution in [3.63, 3.8) is 0 Å². The number of imide groups is 1. The van der Waals surface area contributed by atoms with Gasteiger partial charge in [0.25, 0.3) is 5.91 Å². The van der Waals surface area contributed by atoms with Crippen LogP contribution in [0.25, 0.3) is 0 Å². The summed E-state index contributed by atoms with van der Waals surface area (Å²) in [4.78, 5) is 23.8. The molecule has 1 saturated heterocycles. The van der Waals surface area contributed by atoms with Gasteiger partial charge in [-0.05, 0) is 13.8 Å². The van der Waals surface area contributed by atoms with Crippen molar-refractivity contribution in [1.29, 1.82) is 5.26 Å². The lowest BCUT2D eigenvalue weighted by Crippen LogP contribution is -2.41. The van der Waals surface area contributed by atoms with Crippen molar-refractivity contribution >= 4 is 23.5 Å². The predicted molar refractivity (Wildman–Crippen MR) is 49.6 cm³/mol.